The second-order valence-corrected chi connectivity index (χ2v) is 8.87. The zero-order valence-electron chi connectivity index (χ0n) is 18.6. The molecule has 1 saturated heterocycles. The first-order valence-corrected chi connectivity index (χ1v) is 11.0. The van der Waals surface area contributed by atoms with Gasteiger partial charge < -0.3 is 9.47 Å². The molecule has 0 N–H and O–H groups in total. The minimum atomic E-state index is 0.456. The second kappa shape index (κ2) is 9.40. The van der Waals surface area contributed by atoms with Crippen molar-refractivity contribution in [1.29, 1.82) is 0 Å². The summed E-state index contributed by atoms with van der Waals surface area (Å²) in [5.74, 6) is 2.19. The quantitative estimate of drug-likeness (QED) is 0.513. The first-order chi connectivity index (χ1) is 13.8. The van der Waals surface area contributed by atoms with Crippen LogP contribution in [0.5, 0.6) is 11.5 Å². The Hall–Kier alpha value is -1.71. The predicted octanol–water partition coefficient (Wildman–Crippen LogP) is 6.52. The molecule has 1 heterocycles. The molecule has 1 fully saturated rings. The van der Waals surface area contributed by atoms with Crippen molar-refractivity contribution in [1.82, 2.24) is 4.90 Å². The normalized spacial score (nSPS) is 20.7. The number of methoxy groups -OCH3 is 2. The highest BCUT2D eigenvalue weighted by molar-refractivity contribution is 6.32. The van der Waals surface area contributed by atoms with Gasteiger partial charge in [-0.15, -0.1) is 0 Å². The van der Waals surface area contributed by atoms with E-state index in [0.29, 0.717) is 23.0 Å². The first kappa shape index (κ1) is 22.0. The lowest BCUT2D eigenvalue weighted by Gasteiger charge is -2.31. The largest absolute Gasteiger partial charge is 0.496 e. The van der Waals surface area contributed by atoms with Gasteiger partial charge in [0.1, 0.15) is 11.5 Å². The molecule has 1 aliphatic heterocycles. The summed E-state index contributed by atoms with van der Waals surface area (Å²) in [7, 11) is 3.42. The molecule has 2 aromatic rings. The van der Waals surface area contributed by atoms with Gasteiger partial charge in [-0.25, -0.2) is 0 Å². The monoisotopic (exact) mass is 415 g/mol. The van der Waals surface area contributed by atoms with E-state index in [9.17, 15) is 0 Å². The molecule has 0 radical (unpaired) electrons. The zero-order chi connectivity index (χ0) is 21.1. The smallest absolute Gasteiger partial charge is 0.137 e. The van der Waals surface area contributed by atoms with Gasteiger partial charge in [-0.2, -0.15) is 0 Å². The summed E-state index contributed by atoms with van der Waals surface area (Å²) in [5.41, 5.74) is 5.29. The van der Waals surface area contributed by atoms with Gasteiger partial charge in [0.05, 0.1) is 19.2 Å². The molecule has 3 atom stereocenters. The fraction of sp³-hybridized carbons (Fsp3) is 0.520. The summed E-state index contributed by atoms with van der Waals surface area (Å²) in [6.45, 7) is 10.0. The third kappa shape index (κ3) is 4.73. The van der Waals surface area contributed by atoms with Crippen LogP contribution in [0.4, 0.5) is 0 Å². The van der Waals surface area contributed by atoms with Crippen LogP contribution in [0.3, 0.4) is 0 Å². The molecule has 0 aromatic heterocycles. The second-order valence-electron chi connectivity index (χ2n) is 8.46. The Morgan fingerprint density at radius 2 is 1.76 bits per heavy atom. The van der Waals surface area contributed by atoms with Gasteiger partial charge in [0.2, 0.25) is 0 Å². The maximum Gasteiger partial charge on any atom is 0.137 e. The Kier molecular flexibility index (Phi) is 7.13. The van der Waals surface area contributed by atoms with Gasteiger partial charge in [-0.05, 0) is 86.4 Å². The lowest BCUT2D eigenvalue weighted by molar-refractivity contribution is 0.180. The summed E-state index contributed by atoms with van der Waals surface area (Å²) in [5, 5.41) is 0.671. The molecule has 0 bridgehead atoms. The van der Waals surface area contributed by atoms with E-state index >= 15 is 0 Å². The van der Waals surface area contributed by atoms with Gasteiger partial charge in [0, 0.05) is 18.6 Å². The van der Waals surface area contributed by atoms with Crippen LogP contribution < -0.4 is 9.47 Å². The third-order valence-corrected chi connectivity index (χ3v) is 7.06. The number of likely N-dealkylation sites (tertiary alicyclic amines) is 1. The lowest BCUT2D eigenvalue weighted by atomic mass is 9.92. The number of hydrogen-bond donors (Lipinski definition) is 0. The molecular weight excluding hydrogens is 382 g/mol. The topological polar surface area (TPSA) is 21.7 Å². The molecule has 0 spiro atoms. The number of nitrogens with zero attached hydrogens (tertiary/aromatic N) is 1. The molecule has 4 heteroatoms. The van der Waals surface area contributed by atoms with Crippen molar-refractivity contribution in [2.24, 2.45) is 0 Å². The van der Waals surface area contributed by atoms with Gasteiger partial charge in [0.15, 0.2) is 0 Å². The first-order valence-electron chi connectivity index (χ1n) is 10.6. The number of rotatable bonds is 7. The molecule has 0 aliphatic carbocycles. The number of ether oxygens (including phenoxy) is 2. The minimum absolute atomic E-state index is 0.456. The highest BCUT2D eigenvalue weighted by atomic mass is 35.5. The van der Waals surface area contributed by atoms with E-state index in [-0.39, 0.29) is 0 Å². The zero-order valence-corrected chi connectivity index (χ0v) is 19.3. The van der Waals surface area contributed by atoms with E-state index < -0.39 is 0 Å². The molecule has 3 rings (SSSR count). The highest BCUT2D eigenvalue weighted by Gasteiger charge is 2.32. The van der Waals surface area contributed by atoms with Gasteiger partial charge in [-0.1, -0.05) is 30.7 Å². The van der Waals surface area contributed by atoms with Crippen LogP contribution in [-0.2, 0) is 6.54 Å². The Bertz CT molecular complexity index is 851. The molecule has 0 amide bonds. The molecule has 158 valence electrons. The number of halogens is 1. The average molecular weight is 416 g/mol. The summed E-state index contributed by atoms with van der Waals surface area (Å²) in [6, 6.07) is 11.7. The fourth-order valence-electron chi connectivity index (χ4n) is 4.63. The van der Waals surface area contributed by atoms with Crippen LogP contribution in [0.15, 0.2) is 30.3 Å². The standard InChI is InChI=1S/C25H34ClNO2/c1-16(20-8-11-23(26)25(14-20)29-6)13-22-10-7-17(2)27(22)15-21-9-12-24(28-5)19(4)18(21)3/h8-9,11-12,14,16-17,22H,7,10,13,15H2,1-6H3. The van der Waals surface area contributed by atoms with Crippen molar-refractivity contribution in [2.75, 3.05) is 14.2 Å². The van der Waals surface area contributed by atoms with Crippen molar-refractivity contribution in [3.63, 3.8) is 0 Å². The number of benzene rings is 2. The molecule has 2 aromatic carbocycles. The maximum atomic E-state index is 6.21. The van der Waals surface area contributed by atoms with Crippen molar-refractivity contribution in [2.45, 2.75) is 71.5 Å². The van der Waals surface area contributed by atoms with Crippen molar-refractivity contribution in [3.8, 4) is 11.5 Å². The number of hydrogen-bond acceptors (Lipinski definition) is 3. The van der Waals surface area contributed by atoms with E-state index in [1.807, 2.05) is 6.07 Å². The van der Waals surface area contributed by atoms with Crippen molar-refractivity contribution >= 4 is 11.6 Å². The van der Waals surface area contributed by atoms with Crippen molar-refractivity contribution < 1.29 is 9.47 Å². The van der Waals surface area contributed by atoms with Crippen LogP contribution in [-0.4, -0.2) is 31.2 Å². The van der Waals surface area contributed by atoms with Gasteiger partial charge >= 0.3 is 0 Å². The van der Waals surface area contributed by atoms with Crippen LogP contribution >= 0.6 is 11.6 Å². The fourth-order valence-corrected chi connectivity index (χ4v) is 4.83. The van der Waals surface area contributed by atoms with Crippen LogP contribution in [0, 0.1) is 13.8 Å². The average Bonchev–Trinajstić information content (AvgIpc) is 3.05. The van der Waals surface area contributed by atoms with Crippen molar-refractivity contribution in [3.05, 3.63) is 57.6 Å². The van der Waals surface area contributed by atoms with E-state index in [4.69, 9.17) is 21.1 Å². The van der Waals surface area contributed by atoms with Crippen LogP contribution in [0.25, 0.3) is 0 Å². The molecule has 1 aliphatic rings. The molecule has 29 heavy (non-hydrogen) atoms. The summed E-state index contributed by atoms with van der Waals surface area (Å²) < 4.78 is 10.9. The van der Waals surface area contributed by atoms with Crippen LogP contribution in [0.2, 0.25) is 5.02 Å². The molecular formula is C25H34ClNO2. The summed E-state index contributed by atoms with van der Waals surface area (Å²) in [4.78, 5) is 2.69. The maximum absolute atomic E-state index is 6.21. The Morgan fingerprint density at radius 1 is 1.03 bits per heavy atom. The Balaban J connectivity index is 1.75. The predicted molar refractivity (Wildman–Crippen MR) is 122 cm³/mol. The summed E-state index contributed by atoms with van der Waals surface area (Å²) >= 11 is 6.21. The van der Waals surface area contributed by atoms with E-state index in [0.717, 1.165) is 24.5 Å². The van der Waals surface area contributed by atoms with E-state index in [1.54, 1.807) is 14.2 Å². The Morgan fingerprint density at radius 3 is 2.45 bits per heavy atom. The SMILES string of the molecule is COc1cc(C(C)CC2CCC(C)N2Cc2ccc(OC)c(C)c2C)ccc1Cl. The Labute approximate surface area is 181 Å². The van der Waals surface area contributed by atoms with Gasteiger partial charge in [0.25, 0.3) is 0 Å². The molecule has 3 unspecified atom stereocenters. The minimum Gasteiger partial charge on any atom is -0.496 e. The van der Waals surface area contributed by atoms with Crippen LogP contribution in [0.1, 0.15) is 61.3 Å². The lowest BCUT2D eigenvalue weighted by Crippen LogP contribution is -2.35. The van der Waals surface area contributed by atoms with E-state index in [1.165, 1.54) is 35.1 Å². The third-order valence-electron chi connectivity index (χ3n) is 6.75. The van der Waals surface area contributed by atoms with Gasteiger partial charge in [-0.3, -0.25) is 4.90 Å². The molecule has 3 nitrogen and oxygen atoms in total. The van der Waals surface area contributed by atoms with E-state index in [2.05, 4.69) is 56.9 Å². The highest BCUT2D eigenvalue weighted by Crippen LogP contribution is 2.36. The molecule has 0 saturated carbocycles. The summed E-state index contributed by atoms with van der Waals surface area (Å²) in [6.07, 6.45) is 3.66.